The molecule has 0 bridgehead atoms. The van der Waals surface area contributed by atoms with Gasteiger partial charge in [0, 0.05) is 18.7 Å². The highest BCUT2D eigenvalue weighted by atomic mass is 32.2. The molecule has 11 heteroatoms. The molecule has 0 radical (unpaired) electrons. The average molecular weight is 508 g/mol. The first-order chi connectivity index (χ1) is 16.5. The number of hydrogen-bond donors (Lipinski definition) is 1. The van der Waals surface area contributed by atoms with Gasteiger partial charge in [0.2, 0.25) is 21.8 Å². The number of nitrogens with zero attached hydrogens (tertiary/aromatic N) is 2. The van der Waals surface area contributed by atoms with E-state index in [9.17, 15) is 22.4 Å². The Morgan fingerprint density at radius 2 is 1.66 bits per heavy atom. The van der Waals surface area contributed by atoms with Crippen LogP contribution >= 0.6 is 0 Å². The topological polar surface area (TPSA) is 105 Å². The lowest BCUT2D eigenvalue weighted by Gasteiger charge is -2.32. The Bertz CT molecular complexity index is 1170. The lowest BCUT2D eigenvalue weighted by atomic mass is 10.1. The maximum Gasteiger partial charge on any atom is 0.244 e. The fourth-order valence-corrected chi connectivity index (χ4v) is 4.42. The zero-order chi connectivity index (χ0) is 25.8. The highest BCUT2D eigenvalue weighted by Crippen LogP contribution is 2.34. The predicted octanol–water partition coefficient (Wildman–Crippen LogP) is 2.30. The van der Waals surface area contributed by atoms with Crippen molar-refractivity contribution in [3.8, 4) is 11.5 Å². The van der Waals surface area contributed by atoms with E-state index in [1.807, 2.05) is 0 Å². The minimum atomic E-state index is -3.88. The van der Waals surface area contributed by atoms with E-state index in [1.54, 1.807) is 26.8 Å². The van der Waals surface area contributed by atoms with Crippen LogP contribution in [0.15, 0.2) is 42.5 Å². The normalized spacial score (nSPS) is 13.8. The number of carbonyl (C=O) groups excluding carboxylic acids is 2. The van der Waals surface area contributed by atoms with Gasteiger partial charge < -0.3 is 19.7 Å². The van der Waals surface area contributed by atoms with Gasteiger partial charge in [0.1, 0.15) is 31.6 Å². The third-order valence-corrected chi connectivity index (χ3v) is 6.50. The molecule has 9 nitrogen and oxygen atoms in total. The third-order valence-electron chi connectivity index (χ3n) is 5.36. The summed E-state index contributed by atoms with van der Waals surface area (Å²) in [6, 6.07) is 9.10. The van der Waals surface area contributed by atoms with Gasteiger partial charge in [-0.25, -0.2) is 12.8 Å². The summed E-state index contributed by atoms with van der Waals surface area (Å²) in [6.07, 6.45) is 0.996. The number of nitrogens with one attached hydrogen (secondary N) is 1. The van der Waals surface area contributed by atoms with Crippen LogP contribution in [0, 0.1) is 5.82 Å². The Morgan fingerprint density at radius 1 is 1.03 bits per heavy atom. The van der Waals surface area contributed by atoms with Crippen LogP contribution in [0.25, 0.3) is 0 Å². The van der Waals surface area contributed by atoms with Crippen molar-refractivity contribution in [2.75, 3.05) is 30.3 Å². The van der Waals surface area contributed by atoms with Crippen molar-refractivity contribution >= 4 is 27.5 Å². The minimum Gasteiger partial charge on any atom is -0.486 e. The van der Waals surface area contributed by atoms with E-state index in [1.165, 1.54) is 41.3 Å². The zero-order valence-corrected chi connectivity index (χ0v) is 21.0. The van der Waals surface area contributed by atoms with Crippen molar-refractivity contribution < 1.29 is 31.9 Å². The molecule has 0 spiro atoms. The molecule has 1 heterocycles. The molecule has 2 aromatic rings. The van der Waals surface area contributed by atoms with Crippen LogP contribution in [-0.2, 0) is 26.2 Å². The molecule has 1 aliphatic rings. The molecule has 190 valence electrons. The molecule has 0 aromatic heterocycles. The van der Waals surface area contributed by atoms with Crippen molar-refractivity contribution in [3.05, 3.63) is 53.8 Å². The van der Waals surface area contributed by atoms with Gasteiger partial charge >= 0.3 is 0 Å². The fourth-order valence-electron chi connectivity index (χ4n) is 3.58. The number of rotatable bonds is 9. The number of amides is 2. The molecule has 1 N–H and O–H groups in total. The molecular weight excluding hydrogens is 477 g/mol. The monoisotopic (exact) mass is 507 g/mol. The number of benzene rings is 2. The van der Waals surface area contributed by atoms with Gasteiger partial charge in [-0.1, -0.05) is 12.1 Å². The fraction of sp³-hybridized carbons (Fsp3) is 0.417. The summed E-state index contributed by atoms with van der Waals surface area (Å²) in [5.41, 5.74) is 0.820. The van der Waals surface area contributed by atoms with Gasteiger partial charge in [-0.2, -0.15) is 0 Å². The van der Waals surface area contributed by atoms with E-state index in [4.69, 9.17) is 9.47 Å². The Hall–Kier alpha value is -3.34. The summed E-state index contributed by atoms with van der Waals surface area (Å²) >= 11 is 0. The van der Waals surface area contributed by atoms with E-state index < -0.39 is 34.3 Å². The Morgan fingerprint density at radius 3 is 2.26 bits per heavy atom. The Kier molecular flexibility index (Phi) is 8.21. The molecule has 2 amide bonds. The third kappa shape index (κ3) is 6.84. The van der Waals surface area contributed by atoms with Crippen LogP contribution in [0.4, 0.5) is 10.1 Å². The zero-order valence-electron chi connectivity index (χ0n) is 20.2. The van der Waals surface area contributed by atoms with Crippen LogP contribution in [0.2, 0.25) is 0 Å². The first-order valence-corrected chi connectivity index (χ1v) is 13.0. The van der Waals surface area contributed by atoms with Gasteiger partial charge in [-0.3, -0.25) is 13.9 Å². The number of halogens is 1. The van der Waals surface area contributed by atoms with E-state index in [0.29, 0.717) is 30.3 Å². The van der Waals surface area contributed by atoms with Crippen LogP contribution in [0.5, 0.6) is 11.5 Å². The molecule has 3 rings (SSSR count). The Balaban J connectivity index is 1.91. The molecular formula is C24H30FN3O6S. The van der Waals surface area contributed by atoms with Gasteiger partial charge in [-0.15, -0.1) is 0 Å². The summed E-state index contributed by atoms with van der Waals surface area (Å²) in [6.45, 7) is 5.31. The molecule has 0 fully saturated rings. The van der Waals surface area contributed by atoms with Gasteiger partial charge in [0.15, 0.2) is 11.5 Å². The van der Waals surface area contributed by atoms with Crippen LogP contribution in [-0.4, -0.2) is 63.2 Å². The number of sulfonamides is 1. The van der Waals surface area contributed by atoms with Gasteiger partial charge in [0.05, 0.1) is 11.9 Å². The minimum absolute atomic E-state index is 0.00939. The van der Waals surface area contributed by atoms with Gasteiger partial charge in [-0.05, 0) is 50.6 Å². The molecule has 2 aromatic carbocycles. The second kappa shape index (κ2) is 10.9. The number of anilines is 1. The summed E-state index contributed by atoms with van der Waals surface area (Å²) in [4.78, 5) is 27.5. The average Bonchev–Trinajstić information content (AvgIpc) is 2.80. The smallest absolute Gasteiger partial charge is 0.244 e. The Labute approximate surface area is 204 Å². The summed E-state index contributed by atoms with van der Waals surface area (Å²) in [7, 11) is -3.88. The quantitative estimate of drug-likeness (QED) is 0.559. The van der Waals surface area contributed by atoms with Crippen molar-refractivity contribution in [2.24, 2.45) is 0 Å². The molecule has 0 unspecified atom stereocenters. The van der Waals surface area contributed by atoms with Crippen molar-refractivity contribution in [2.45, 2.75) is 39.4 Å². The summed E-state index contributed by atoms with van der Waals surface area (Å²) in [5, 5.41) is 2.77. The largest absolute Gasteiger partial charge is 0.486 e. The SMILES string of the molecule is CC(C)NC(=O)[C@H](C)N(Cc1ccc(F)cc1)C(=O)CN(c1ccc2c(c1)OCCO2)S(C)(=O)=O. The predicted molar refractivity (Wildman–Crippen MR) is 129 cm³/mol. The van der Waals surface area contributed by atoms with E-state index >= 15 is 0 Å². The van der Waals surface area contributed by atoms with Crippen molar-refractivity contribution in [1.29, 1.82) is 0 Å². The van der Waals surface area contributed by atoms with E-state index in [-0.39, 0.29) is 24.2 Å². The van der Waals surface area contributed by atoms with Crippen LogP contribution < -0.4 is 19.1 Å². The molecule has 0 saturated heterocycles. The van der Waals surface area contributed by atoms with Crippen molar-refractivity contribution in [3.63, 3.8) is 0 Å². The standard InChI is InChI=1S/C24H30FN3O6S/c1-16(2)26-24(30)17(3)27(14-18-5-7-19(25)8-6-18)23(29)15-28(35(4,31)32)20-9-10-21-22(13-20)34-12-11-33-21/h5-10,13,16-17H,11-12,14-15H2,1-4H3,(H,26,30)/t17-/m0/s1. The van der Waals surface area contributed by atoms with Crippen LogP contribution in [0.1, 0.15) is 26.3 Å². The maximum absolute atomic E-state index is 13.5. The molecule has 35 heavy (non-hydrogen) atoms. The second-order valence-corrected chi connectivity index (χ2v) is 10.5. The van der Waals surface area contributed by atoms with E-state index in [0.717, 1.165) is 10.6 Å². The highest BCUT2D eigenvalue weighted by molar-refractivity contribution is 7.92. The van der Waals surface area contributed by atoms with Crippen molar-refractivity contribution in [1.82, 2.24) is 10.2 Å². The summed E-state index contributed by atoms with van der Waals surface area (Å²) in [5.74, 6) is -0.555. The number of fused-ring (bicyclic) bond motifs is 1. The van der Waals surface area contributed by atoms with E-state index in [2.05, 4.69) is 5.32 Å². The lowest BCUT2D eigenvalue weighted by molar-refractivity contribution is -0.139. The van der Waals surface area contributed by atoms with Crippen LogP contribution in [0.3, 0.4) is 0 Å². The maximum atomic E-state index is 13.5. The number of hydrogen-bond acceptors (Lipinski definition) is 6. The highest BCUT2D eigenvalue weighted by Gasteiger charge is 2.31. The van der Waals surface area contributed by atoms with Gasteiger partial charge in [0.25, 0.3) is 0 Å². The summed E-state index contributed by atoms with van der Waals surface area (Å²) < 4.78 is 50.7. The molecule has 1 atom stereocenters. The number of carbonyl (C=O) groups is 2. The second-order valence-electron chi connectivity index (χ2n) is 8.58. The molecule has 1 aliphatic heterocycles. The first-order valence-electron chi connectivity index (χ1n) is 11.2. The number of ether oxygens (including phenoxy) is 2. The lowest BCUT2D eigenvalue weighted by Crippen LogP contribution is -2.52. The molecule has 0 aliphatic carbocycles. The molecule has 0 saturated carbocycles. The first kappa shape index (κ1) is 26.3.